The molecule has 0 fully saturated rings. The van der Waals surface area contributed by atoms with Gasteiger partial charge in [-0.1, -0.05) is 12.1 Å². The second-order valence-electron chi connectivity index (χ2n) is 2.15. The number of esters is 1. The second kappa shape index (κ2) is 7.94. The Hall–Kier alpha value is -0.420. The smallest absolute Gasteiger partial charge is 0.358 e. The average Bonchev–Trinajstić information content (AvgIpc) is 2.14. The van der Waals surface area contributed by atoms with E-state index in [4.69, 9.17) is 16.3 Å². The van der Waals surface area contributed by atoms with Crippen molar-refractivity contribution in [2.45, 2.75) is 18.6 Å². The molecule has 1 unspecified atom stereocenters. The molecule has 0 saturated carbocycles. The van der Waals surface area contributed by atoms with Crippen LogP contribution in [0.2, 0.25) is 0 Å². The van der Waals surface area contributed by atoms with Gasteiger partial charge in [-0.3, -0.25) is 0 Å². The van der Waals surface area contributed by atoms with Gasteiger partial charge in [-0.15, -0.1) is 23.4 Å². The zero-order valence-corrected chi connectivity index (χ0v) is 10.0. The van der Waals surface area contributed by atoms with Crippen molar-refractivity contribution in [2.24, 2.45) is 5.16 Å². The maximum Gasteiger partial charge on any atom is 0.358 e. The molecule has 0 saturated heterocycles. The number of oxime groups is 1. The summed E-state index contributed by atoms with van der Waals surface area (Å²) in [6.07, 6.45) is 0. The normalized spacial score (nSPS) is 13.6. The number of ether oxygens (including phenoxy) is 1. The fraction of sp³-hybridized carbons (Fsp3) is 0.750. The molecule has 0 aliphatic rings. The Balaban J connectivity index is 4.42. The molecule has 0 heterocycles. The fourth-order valence-corrected chi connectivity index (χ4v) is 1.80. The summed E-state index contributed by atoms with van der Waals surface area (Å²) >= 11 is 7.30. The summed E-state index contributed by atoms with van der Waals surface area (Å²) in [6, 6.07) is 0. The minimum atomic E-state index is -0.532. The van der Waals surface area contributed by atoms with E-state index >= 15 is 0 Å². The summed E-state index contributed by atoms with van der Waals surface area (Å²) < 4.78 is 4.25. The molecule has 1 atom stereocenters. The highest BCUT2D eigenvalue weighted by Crippen LogP contribution is 2.17. The Kier molecular flexibility index (Phi) is 7.70. The van der Waals surface area contributed by atoms with Gasteiger partial charge in [-0.05, 0) is 12.7 Å². The quantitative estimate of drug-likeness (QED) is 0.307. The molecule has 0 spiro atoms. The Labute approximate surface area is 93.0 Å². The van der Waals surface area contributed by atoms with Gasteiger partial charge in [0.25, 0.3) is 0 Å². The minimum Gasteiger partial charge on any atom is -0.461 e. The van der Waals surface area contributed by atoms with E-state index in [9.17, 15) is 4.79 Å². The predicted molar refractivity (Wildman–Crippen MR) is 58.9 cm³/mol. The molecule has 0 aliphatic carbocycles. The zero-order valence-electron chi connectivity index (χ0n) is 8.45. The molecule has 82 valence electrons. The molecule has 0 aromatic rings. The summed E-state index contributed by atoms with van der Waals surface area (Å²) in [4.78, 5) is 15.8. The number of halogens is 1. The molecule has 0 aliphatic heterocycles. The third-order valence-corrected chi connectivity index (χ3v) is 2.64. The van der Waals surface area contributed by atoms with Crippen LogP contribution in [0.5, 0.6) is 0 Å². The molecule has 0 radical (unpaired) electrons. The number of alkyl halides is 1. The van der Waals surface area contributed by atoms with E-state index in [1.165, 1.54) is 18.9 Å². The summed E-state index contributed by atoms with van der Waals surface area (Å²) in [5.41, 5.74) is 0.0999. The van der Waals surface area contributed by atoms with Crippen molar-refractivity contribution in [1.29, 1.82) is 0 Å². The first-order valence-electron chi connectivity index (χ1n) is 4.21. The highest BCUT2D eigenvalue weighted by Gasteiger charge is 2.23. The van der Waals surface area contributed by atoms with E-state index in [0.29, 0.717) is 6.61 Å². The first kappa shape index (κ1) is 13.6. The van der Waals surface area contributed by atoms with E-state index < -0.39 is 10.7 Å². The van der Waals surface area contributed by atoms with Crippen LogP contribution in [0, 0.1) is 0 Å². The first-order valence-corrected chi connectivity index (χ1v) is 5.69. The van der Waals surface area contributed by atoms with E-state index in [-0.39, 0.29) is 5.71 Å². The number of rotatable bonds is 6. The van der Waals surface area contributed by atoms with Crippen LogP contribution in [0.25, 0.3) is 0 Å². The highest BCUT2D eigenvalue weighted by molar-refractivity contribution is 8.01. The Morgan fingerprint density at radius 3 is 2.64 bits per heavy atom. The van der Waals surface area contributed by atoms with Crippen molar-refractivity contribution in [3.63, 3.8) is 0 Å². The van der Waals surface area contributed by atoms with E-state index in [1.807, 2.05) is 6.92 Å². The molecule has 0 aromatic heterocycles. The standard InChI is InChI=1S/C8H14ClNO3S/c1-4-13-8(11)6(10-12-3)7(9)14-5-2/h7H,4-5H2,1-3H3. The van der Waals surface area contributed by atoms with Crippen molar-refractivity contribution < 1.29 is 14.4 Å². The molecule has 0 bridgehead atoms. The van der Waals surface area contributed by atoms with E-state index in [2.05, 4.69) is 9.99 Å². The van der Waals surface area contributed by atoms with E-state index in [1.54, 1.807) is 6.92 Å². The topological polar surface area (TPSA) is 47.9 Å². The number of nitrogens with zero attached hydrogens (tertiary/aromatic N) is 1. The van der Waals surface area contributed by atoms with Crippen LogP contribution in [-0.4, -0.2) is 35.9 Å². The maximum atomic E-state index is 11.3. The van der Waals surface area contributed by atoms with Crippen LogP contribution in [-0.2, 0) is 14.4 Å². The Morgan fingerprint density at radius 2 is 2.21 bits per heavy atom. The second-order valence-corrected chi connectivity index (χ2v) is 4.23. The predicted octanol–water partition coefficient (Wildman–Crippen LogP) is 1.87. The number of carbonyl (C=O) groups is 1. The number of carbonyl (C=O) groups excluding carboxylic acids is 1. The fourth-order valence-electron chi connectivity index (χ4n) is 0.700. The number of thioether (sulfide) groups is 1. The number of hydrogen-bond donors (Lipinski definition) is 0. The Morgan fingerprint density at radius 1 is 1.57 bits per heavy atom. The van der Waals surface area contributed by atoms with Gasteiger partial charge in [0.1, 0.15) is 11.8 Å². The van der Waals surface area contributed by atoms with Crippen LogP contribution < -0.4 is 0 Å². The monoisotopic (exact) mass is 239 g/mol. The van der Waals surface area contributed by atoms with Crippen LogP contribution in [0.15, 0.2) is 5.16 Å². The third-order valence-electron chi connectivity index (χ3n) is 1.20. The lowest BCUT2D eigenvalue weighted by Gasteiger charge is -2.09. The minimum absolute atomic E-state index is 0.0999. The molecule has 6 heteroatoms. The van der Waals surface area contributed by atoms with Gasteiger partial charge < -0.3 is 9.57 Å². The van der Waals surface area contributed by atoms with Gasteiger partial charge in [-0.25, -0.2) is 4.79 Å². The lowest BCUT2D eigenvalue weighted by Crippen LogP contribution is -2.25. The van der Waals surface area contributed by atoms with E-state index in [0.717, 1.165) is 5.75 Å². The lowest BCUT2D eigenvalue weighted by molar-refractivity contribution is -0.135. The van der Waals surface area contributed by atoms with Gasteiger partial charge in [0.15, 0.2) is 5.71 Å². The lowest BCUT2D eigenvalue weighted by atomic mass is 10.4. The molecule has 0 rings (SSSR count). The molecule has 4 nitrogen and oxygen atoms in total. The van der Waals surface area contributed by atoms with Gasteiger partial charge >= 0.3 is 5.97 Å². The van der Waals surface area contributed by atoms with Crippen molar-refractivity contribution in [1.82, 2.24) is 0 Å². The molecule has 0 N–H and O–H groups in total. The van der Waals surface area contributed by atoms with Crippen molar-refractivity contribution >= 4 is 35.0 Å². The van der Waals surface area contributed by atoms with Gasteiger partial charge in [-0.2, -0.15) is 0 Å². The molecular weight excluding hydrogens is 226 g/mol. The summed E-state index contributed by atoms with van der Waals surface area (Å²) in [5.74, 6) is 0.256. The van der Waals surface area contributed by atoms with Crippen molar-refractivity contribution in [3.8, 4) is 0 Å². The SMILES string of the molecule is CCOC(=O)C(=NOC)C(Cl)SCC. The third kappa shape index (κ3) is 4.72. The van der Waals surface area contributed by atoms with Crippen LogP contribution in [0.3, 0.4) is 0 Å². The molecule has 0 aromatic carbocycles. The molecule has 0 amide bonds. The summed E-state index contributed by atoms with van der Waals surface area (Å²) in [5, 5.41) is 3.55. The summed E-state index contributed by atoms with van der Waals surface area (Å²) in [7, 11) is 1.36. The largest absolute Gasteiger partial charge is 0.461 e. The van der Waals surface area contributed by atoms with Crippen molar-refractivity contribution in [3.05, 3.63) is 0 Å². The first-order chi connectivity index (χ1) is 6.67. The highest BCUT2D eigenvalue weighted by atomic mass is 35.5. The van der Waals surface area contributed by atoms with Gasteiger partial charge in [0, 0.05) is 0 Å². The van der Waals surface area contributed by atoms with Crippen LogP contribution in [0.1, 0.15) is 13.8 Å². The van der Waals surface area contributed by atoms with Crippen LogP contribution in [0.4, 0.5) is 0 Å². The van der Waals surface area contributed by atoms with Crippen LogP contribution >= 0.6 is 23.4 Å². The molecule has 14 heavy (non-hydrogen) atoms. The zero-order chi connectivity index (χ0) is 11.0. The van der Waals surface area contributed by atoms with Gasteiger partial charge in [0.2, 0.25) is 0 Å². The average molecular weight is 240 g/mol. The van der Waals surface area contributed by atoms with Gasteiger partial charge in [0.05, 0.1) is 6.61 Å². The maximum absolute atomic E-state index is 11.3. The Bertz CT molecular complexity index is 211. The number of hydrogen-bond acceptors (Lipinski definition) is 5. The molecular formula is C8H14ClNO3S. The summed E-state index contributed by atoms with van der Waals surface area (Å²) in [6.45, 7) is 3.95. The van der Waals surface area contributed by atoms with Crippen molar-refractivity contribution in [2.75, 3.05) is 19.5 Å².